The summed E-state index contributed by atoms with van der Waals surface area (Å²) in [6.45, 7) is 0. The van der Waals surface area contributed by atoms with Gasteiger partial charge in [-0.25, -0.2) is 0 Å². The Morgan fingerprint density at radius 1 is 0.773 bits per heavy atom. The third kappa shape index (κ3) is 2.19. The van der Waals surface area contributed by atoms with Gasteiger partial charge in [0.05, 0.1) is 5.39 Å². The summed E-state index contributed by atoms with van der Waals surface area (Å²) < 4.78 is 5.90. The van der Waals surface area contributed by atoms with Crippen molar-refractivity contribution in [3.8, 4) is 0 Å². The van der Waals surface area contributed by atoms with E-state index in [-0.39, 0.29) is 5.43 Å². The Balaban J connectivity index is 1.84. The first kappa shape index (κ1) is 12.8. The summed E-state index contributed by atoms with van der Waals surface area (Å²) in [6, 6.07) is 23.4. The highest BCUT2D eigenvalue weighted by Crippen LogP contribution is 2.22. The second-order valence-corrected chi connectivity index (χ2v) is 5.39. The summed E-state index contributed by atoms with van der Waals surface area (Å²) in [5, 5.41) is 3.02. The van der Waals surface area contributed by atoms with Crippen LogP contribution in [0.2, 0.25) is 0 Å². The molecule has 0 saturated heterocycles. The standard InChI is InChI=1S/C20H14O2/c21-19-13-16(22-20-11-4-3-10-18(19)20)12-15-8-5-7-14-6-1-2-9-17(14)15/h1-11,13H,12H2. The maximum Gasteiger partial charge on any atom is 0.192 e. The average molecular weight is 286 g/mol. The van der Waals surface area contributed by atoms with Crippen LogP contribution < -0.4 is 5.43 Å². The van der Waals surface area contributed by atoms with Crippen molar-refractivity contribution in [1.82, 2.24) is 0 Å². The summed E-state index contributed by atoms with van der Waals surface area (Å²) in [6.07, 6.45) is 0.613. The molecular formula is C20H14O2. The van der Waals surface area contributed by atoms with Gasteiger partial charge in [-0.1, -0.05) is 54.6 Å². The number of fused-ring (bicyclic) bond motifs is 2. The minimum atomic E-state index is 0.0112. The van der Waals surface area contributed by atoms with Crippen molar-refractivity contribution in [2.45, 2.75) is 6.42 Å². The normalized spacial score (nSPS) is 11.1. The number of para-hydroxylation sites is 1. The Kier molecular flexibility index (Phi) is 3.01. The van der Waals surface area contributed by atoms with E-state index in [1.807, 2.05) is 36.4 Å². The Bertz CT molecular complexity index is 1020. The van der Waals surface area contributed by atoms with E-state index in [0.29, 0.717) is 23.2 Å². The Hall–Kier alpha value is -2.87. The van der Waals surface area contributed by atoms with E-state index in [2.05, 4.69) is 24.3 Å². The molecule has 3 aromatic carbocycles. The van der Waals surface area contributed by atoms with Crippen LogP contribution in [-0.2, 0) is 6.42 Å². The second kappa shape index (κ2) is 5.15. The van der Waals surface area contributed by atoms with E-state index in [0.717, 1.165) is 5.56 Å². The van der Waals surface area contributed by atoms with Crippen molar-refractivity contribution in [2.24, 2.45) is 0 Å². The van der Waals surface area contributed by atoms with E-state index in [9.17, 15) is 4.79 Å². The predicted octanol–water partition coefficient (Wildman–Crippen LogP) is 4.54. The molecule has 4 rings (SSSR count). The molecule has 0 saturated carbocycles. The molecule has 0 aliphatic carbocycles. The molecule has 0 atom stereocenters. The number of rotatable bonds is 2. The molecule has 2 heteroatoms. The third-order valence-corrected chi connectivity index (χ3v) is 3.93. The van der Waals surface area contributed by atoms with Crippen LogP contribution in [0.1, 0.15) is 11.3 Å². The molecular weight excluding hydrogens is 272 g/mol. The van der Waals surface area contributed by atoms with Crippen LogP contribution in [0.4, 0.5) is 0 Å². The molecule has 0 spiro atoms. The fourth-order valence-electron chi connectivity index (χ4n) is 2.88. The zero-order valence-electron chi connectivity index (χ0n) is 12.0. The van der Waals surface area contributed by atoms with Gasteiger partial charge < -0.3 is 4.42 Å². The van der Waals surface area contributed by atoms with Crippen LogP contribution in [0.15, 0.2) is 82.0 Å². The van der Waals surface area contributed by atoms with Gasteiger partial charge in [-0.15, -0.1) is 0 Å². The third-order valence-electron chi connectivity index (χ3n) is 3.93. The summed E-state index contributed by atoms with van der Waals surface area (Å²) in [5.41, 5.74) is 1.82. The van der Waals surface area contributed by atoms with Crippen molar-refractivity contribution in [2.75, 3.05) is 0 Å². The summed E-state index contributed by atoms with van der Waals surface area (Å²) >= 11 is 0. The number of hydrogen-bond acceptors (Lipinski definition) is 2. The maximum atomic E-state index is 12.2. The molecule has 1 aromatic heterocycles. The predicted molar refractivity (Wildman–Crippen MR) is 89.2 cm³/mol. The lowest BCUT2D eigenvalue weighted by atomic mass is 10.0. The molecule has 0 amide bonds. The first-order chi connectivity index (χ1) is 10.8. The highest BCUT2D eigenvalue weighted by atomic mass is 16.3. The van der Waals surface area contributed by atoms with Crippen LogP contribution >= 0.6 is 0 Å². The van der Waals surface area contributed by atoms with Gasteiger partial charge in [-0.2, -0.15) is 0 Å². The van der Waals surface area contributed by atoms with E-state index in [4.69, 9.17) is 4.42 Å². The number of hydrogen-bond donors (Lipinski definition) is 0. The molecule has 1 heterocycles. The zero-order valence-corrected chi connectivity index (χ0v) is 12.0. The minimum absolute atomic E-state index is 0.0112. The van der Waals surface area contributed by atoms with Gasteiger partial charge in [0.2, 0.25) is 0 Å². The van der Waals surface area contributed by atoms with Crippen LogP contribution in [0.25, 0.3) is 21.7 Å². The van der Waals surface area contributed by atoms with Crippen molar-refractivity contribution >= 4 is 21.7 Å². The fourth-order valence-corrected chi connectivity index (χ4v) is 2.88. The summed E-state index contributed by atoms with van der Waals surface area (Å²) in [4.78, 5) is 12.2. The molecule has 0 radical (unpaired) electrons. The SMILES string of the molecule is O=c1cc(Cc2cccc3ccccc23)oc2ccccc12. The van der Waals surface area contributed by atoms with Gasteiger partial charge in [0.25, 0.3) is 0 Å². The molecule has 2 nitrogen and oxygen atoms in total. The minimum Gasteiger partial charge on any atom is -0.460 e. The molecule has 0 fully saturated rings. The maximum absolute atomic E-state index is 12.2. The molecule has 0 aliphatic rings. The first-order valence-corrected chi connectivity index (χ1v) is 7.30. The molecule has 0 unspecified atom stereocenters. The summed E-state index contributed by atoms with van der Waals surface area (Å²) in [7, 11) is 0. The quantitative estimate of drug-likeness (QED) is 0.541. The number of benzene rings is 3. The highest BCUT2D eigenvalue weighted by Gasteiger charge is 2.07. The van der Waals surface area contributed by atoms with Crippen LogP contribution in [0.3, 0.4) is 0 Å². The van der Waals surface area contributed by atoms with Crippen LogP contribution in [-0.4, -0.2) is 0 Å². The van der Waals surface area contributed by atoms with Gasteiger partial charge in [0, 0.05) is 12.5 Å². The van der Waals surface area contributed by atoms with Crippen molar-refractivity contribution in [3.05, 3.63) is 94.3 Å². The van der Waals surface area contributed by atoms with Crippen molar-refractivity contribution in [3.63, 3.8) is 0 Å². The molecule has 0 bridgehead atoms. The Morgan fingerprint density at radius 2 is 1.50 bits per heavy atom. The van der Waals surface area contributed by atoms with Crippen molar-refractivity contribution in [1.29, 1.82) is 0 Å². The molecule has 106 valence electrons. The van der Waals surface area contributed by atoms with Gasteiger partial charge in [0.15, 0.2) is 5.43 Å². The first-order valence-electron chi connectivity index (χ1n) is 7.30. The Labute approximate surface area is 127 Å². The van der Waals surface area contributed by atoms with Gasteiger partial charge in [0.1, 0.15) is 11.3 Å². The fraction of sp³-hybridized carbons (Fsp3) is 0.0500. The van der Waals surface area contributed by atoms with E-state index < -0.39 is 0 Å². The highest BCUT2D eigenvalue weighted by molar-refractivity contribution is 5.86. The zero-order chi connectivity index (χ0) is 14.9. The average Bonchev–Trinajstić information content (AvgIpc) is 2.55. The monoisotopic (exact) mass is 286 g/mol. The Morgan fingerprint density at radius 3 is 2.41 bits per heavy atom. The summed E-state index contributed by atoms with van der Waals surface area (Å²) in [5.74, 6) is 0.694. The van der Waals surface area contributed by atoms with Gasteiger partial charge in [-0.05, 0) is 28.5 Å². The molecule has 22 heavy (non-hydrogen) atoms. The molecule has 0 N–H and O–H groups in total. The van der Waals surface area contributed by atoms with Gasteiger partial charge in [-0.3, -0.25) is 4.79 Å². The van der Waals surface area contributed by atoms with E-state index in [1.54, 1.807) is 12.1 Å². The van der Waals surface area contributed by atoms with Crippen LogP contribution in [0, 0.1) is 0 Å². The van der Waals surface area contributed by atoms with Crippen LogP contribution in [0.5, 0.6) is 0 Å². The van der Waals surface area contributed by atoms with E-state index >= 15 is 0 Å². The second-order valence-electron chi connectivity index (χ2n) is 5.39. The van der Waals surface area contributed by atoms with E-state index in [1.165, 1.54) is 10.8 Å². The van der Waals surface area contributed by atoms with Gasteiger partial charge >= 0.3 is 0 Å². The largest absolute Gasteiger partial charge is 0.460 e. The smallest absolute Gasteiger partial charge is 0.192 e. The molecule has 4 aromatic rings. The lowest BCUT2D eigenvalue weighted by Crippen LogP contribution is -2.02. The topological polar surface area (TPSA) is 30.2 Å². The van der Waals surface area contributed by atoms with Crippen molar-refractivity contribution < 1.29 is 4.42 Å². The lowest BCUT2D eigenvalue weighted by molar-refractivity contribution is 0.549. The lowest BCUT2D eigenvalue weighted by Gasteiger charge is -2.07. The molecule has 0 aliphatic heterocycles.